The monoisotopic (exact) mass is 508 g/mol. The molecule has 4 rings (SSSR count). The van der Waals surface area contributed by atoms with Crippen molar-refractivity contribution in [3.05, 3.63) is 47.0 Å². The zero-order valence-corrected chi connectivity index (χ0v) is 19.7. The maximum Gasteiger partial charge on any atom is 0.229 e. The predicted molar refractivity (Wildman–Crippen MR) is 124 cm³/mol. The SMILES string of the molecule is COc1cc([C@@H]2Oc3c(O)cc(CCCO)cc3[C@@H]2CO)ccc1O[C@@H]1O[C@H](CO)[C@@H](O)[C@H](O)[C@H]1O. The minimum absolute atomic E-state index is 0.0255. The van der Waals surface area contributed by atoms with Crippen molar-refractivity contribution in [3.63, 3.8) is 0 Å². The molecule has 11 heteroatoms. The van der Waals surface area contributed by atoms with Crippen molar-refractivity contribution in [1.29, 1.82) is 0 Å². The van der Waals surface area contributed by atoms with Crippen LogP contribution in [0.1, 0.15) is 35.1 Å². The van der Waals surface area contributed by atoms with Crippen molar-refractivity contribution >= 4 is 0 Å². The largest absolute Gasteiger partial charge is 0.504 e. The molecular weight excluding hydrogens is 476 g/mol. The van der Waals surface area contributed by atoms with Crippen LogP contribution in [0.2, 0.25) is 0 Å². The summed E-state index contributed by atoms with van der Waals surface area (Å²) in [6, 6.07) is 8.29. The van der Waals surface area contributed by atoms with E-state index >= 15 is 0 Å². The van der Waals surface area contributed by atoms with E-state index in [1.165, 1.54) is 7.11 Å². The minimum Gasteiger partial charge on any atom is -0.504 e. The second kappa shape index (κ2) is 11.2. The van der Waals surface area contributed by atoms with Gasteiger partial charge in [-0.15, -0.1) is 0 Å². The molecule has 7 N–H and O–H groups in total. The van der Waals surface area contributed by atoms with Gasteiger partial charge in [-0.05, 0) is 42.2 Å². The lowest BCUT2D eigenvalue weighted by Gasteiger charge is -2.39. The van der Waals surface area contributed by atoms with Gasteiger partial charge in [0.2, 0.25) is 6.29 Å². The molecule has 11 nitrogen and oxygen atoms in total. The number of ether oxygens (including phenoxy) is 4. The van der Waals surface area contributed by atoms with Gasteiger partial charge in [0, 0.05) is 12.2 Å². The molecule has 36 heavy (non-hydrogen) atoms. The van der Waals surface area contributed by atoms with Gasteiger partial charge in [-0.1, -0.05) is 12.1 Å². The molecular formula is C25H32O11. The fourth-order valence-electron chi connectivity index (χ4n) is 4.64. The number of benzene rings is 2. The highest BCUT2D eigenvalue weighted by Gasteiger charge is 2.45. The van der Waals surface area contributed by atoms with Crippen molar-refractivity contribution < 1.29 is 54.7 Å². The Morgan fingerprint density at radius 2 is 1.69 bits per heavy atom. The Balaban J connectivity index is 1.58. The maximum atomic E-state index is 10.5. The Morgan fingerprint density at radius 3 is 2.36 bits per heavy atom. The van der Waals surface area contributed by atoms with Crippen LogP contribution in [0, 0.1) is 0 Å². The molecule has 2 aromatic rings. The predicted octanol–water partition coefficient (Wildman–Crippen LogP) is -0.286. The van der Waals surface area contributed by atoms with E-state index in [0.29, 0.717) is 24.0 Å². The van der Waals surface area contributed by atoms with E-state index in [-0.39, 0.29) is 36.2 Å². The number of hydrogen-bond donors (Lipinski definition) is 7. The molecule has 198 valence electrons. The molecule has 0 bridgehead atoms. The van der Waals surface area contributed by atoms with Gasteiger partial charge in [0.25, 0.3) is 0 Å². The fourth-order valence-corrected chi connectivity index (χ4v) is 4.64. The quantitative estimate of drug-likeness (QED) is 0.237. The third-order valence-corrected chi connectivity index (χ3v) is 6.60. The number of aromatic hydroxyl groups is 1. The van der Waals surface area contributed by atoms with Gasteiger partial charge < -0.3 is 54.7 Å². The molecule has 7 atom stereocenters. The summed E-state index contributed by atoms with van der Waals surface area (Å²) in [5.41, 5.74) is 2.11. The van der Waals surface area contributed by atoms with Crippen LogP contribution in [0.3, 0.4) is 0 Å². The summed E-state index contributed by atoms with van der Waals surface area (Å²) >= 11 is 0. The highest BCUT2D eigenvalue weighted by Crippen LogP contribution is 2.51. The topological polar surface area (TPSA) is 179 Å². The second-order valence-corrected chi connectivity index (χ2v) is 8.91. The molecule has 1 saturated heterocycles. The standard InChI is InChI=1S/C25H32O11/c1-33-18-9-13(4-5-17(18)34-25-22(32)21(31)20(30)19(11-28)35-25)23-15(10-27)14-7-12(3-2-6-26)8-16(29)24(14)36-23/h4-5,7-9,15,19-23,25-32H,2-3,6,10-11H2,1H3/t15-,19+,20+,21-,22+,23-,25+/m0/s1. The van der Waals surface area contributed by atoms with E-state index < -0.39 is 49.3 Å². The van der Waals surface area contributed by atoms with Crippen LogP contribution in [0.5, 0.6) is 23.0 Å². The lowest BCUT2D eigenvalue weighted by molar-refractivity contribution is -0.277. The Labute approximate surface area is 207 Å². The van der Waals surface area contributed by atoms with Gasteiger partial charge in [0.1, 0.15) is 30.5 Å². The number of aliphatic hydroxyl groups is 6. The van der Waals surface area contributed by atoms with E-state index in [1.807, 2.05) is 6.07 Å². The fraction of sp³-hybridized carbons (Fsp3) is 0.520. The van der Waals surface area contributed by atoms with Crippen LogP contribution < -0.4 is 14.2 Å². The second-order valence-electron chi connectivity index (χ2n) is 8.91. The molecule has 0 amide bonds. The number of phenols is 1. The van der Waals surface area contributed by atoms with Crippen molar-refractivity contribution in [1.82, 2.24) is 0 Å². The lowest BCUT2D eigenvalue weighted by Crippen LogP contribution is -2.60. The number of phenolic OH excluding ortho intramolecular Hbond substituents is 1. The summed E-state index contributed by atoms with van der Waals surface area (Å²) in [7, 11) is 1.41. The first-order valence-electron chi connectivity index (χ1n) is 11.7. The van der Waals surface area contributed by atoms with Crippen molar-refractivity contribution in [2.75, 3.05) is 26.9 Å². The van der Waals surface area contributed by atoms with Crippen LogP contribution in [0.15, 0.2) is 30.3 Å². The molecule has 0 saturated carbocycles. The summed E-state index contributed by atoms with van der Waals surface area (Å²) in [5.74, 6) is 0.176. The molecule has 2 aliphatic rings. The lowest BCUT2D eigenvalue weighted by atomic mass is 9.90. The Hall–Kier alpha value is -2.64. The van der Waals surface area contributed by atoms with Crippen LogP contribution in [-0.4, -0.2) is 93.4 Å². The summed E-state index contributed by atoms with van der Waals surface area (Å²) in [5, 5.41) is 69.4. The van der Waals surface area contributed by atoms with Gasteiger partial charge >= 0.3 is 0 Å². The molecule has 0 radical (unpaired) electrons. The number of rotatable bonds is 9. The average molecular weight is 509 g/mol. The molecule has 2 aromatic carbocycles. The zero-order chi connectivity index (χ0) is 26.0. The van der Waals surface area contributed by atoms with Gasteiger partial charge in [0.05, 0.1) is 26.2 Å². The van der Waals surface area contributed by atoms with Crippen LogP contribution >= 0.6 is 0 Å². The van der Waals surface area contributed by atoms with Crippen LogP contribution in [-0.2, 0) is 11.2 Å². The zero-order valence-electron chi connectivity index (χ0n) is 19.7. The van der Waals surface area contributed by atoms with Gasteiger partial charge in [0.15, 0.2) is 23.0 Å². The highest BCUT2D eigenvalue weighted by molar-refractivity contribution is 5.55. The molecule has 2 aliphatic heterocycles. The minimum atomic E-state index is -1.59. The Morgan fingerprint density at radius 1 is 0.917 bits per heavy atom. The number of aryl methyl sites for hydroxylation is 1. The first-order valence-corrected chi connectivity index (χ1v) is 11.7. The van der Waals surface area contributed by atoms with E-state index in [2.05, 4.69) is 0 Å². The first kappa shape index (κ1) is 26.4. The third-order valence-electron chi connectivity index (χ3n) is 6.60. The number of aliphatic hydroxyl groups excluding tert-OH is 6. The molecule has 0 aromatic heterocycles. The summed E-state index contributed by atoms with van der Waals surface area (Å²) in [4.78, 5) is 0. The molecule has 2 heterocycles. The highest BCUT2D eigenvalue weighted by atomic mass is 16.7. The van der Waals surface area contributed by atoms with Crippen molar-refractivity contribution in [2.24, 2.45) is 0 Å². The molecule has 0 spiro atoms. The van der Waals surface area contributed by atoms with Crippen molar-refractivity contribution in [3.8, 4) is 23.0 Å². The van der Waals surface area contributed by atoms with Crippen molar-refractivity contribution in [2.45, 2.75) is 55.6 Å². The molecule has 1 fully saturated rings. The first-order chi connectivity index (χ1) is 17.3. The van der Waals surface area contributed by atoms with E-state index in [1.54, 1.807) is 24.3 Å². The van der Waals surface area contributed by atoms with Crippen LogP contribution in [0.4, 0.5) is 0 Å². The molecule has 0 aliphatic carbocycles. The van der Waals surface area contributed by atoms with E-state index in [9.17, 15) is 30.6 Å². The van der Waals surface area contributed by atoms with Gasteiger partial charge in [-0.25, -0.2) is 0 Å². The summed E-state index contributed by atoms with van der Waals surface area (Å²) in [6.07, 6.45) is -6.71. The van der Waals surface area contributed by atoms with E-state index in [4.69, 9.17) is 24.1 Å². The summed E-state index contributed by atoms with van der Waals surface area (Å²) < 4.78 is 22.6. The third kappa shape index (κ3) is 4.96. The number of methoxy groups -OCH3 is 1. The Bertz CT molecular complexity index is 1040. The number of hydrogen-bond acceptors (Lipinski definition) is 11. The summed E-state index contributed by atoms with van der Waals surface area (Å²) in [6.45, 7) is -0.804. The van der Waals surface area contributed by atoms with Crippen LogP contribution in [0.25, 0.3) is 0 Å². The molecule has 0 unspecified atom stereocenters. The maximum absolute atomic E-state index is 10.5. The number of fused-ring (bicyclic) bond motifs is 1. The normalized spacial score (nSPS) is 29.5. The van der Waals surface area contributed by atoms with Gasteiger partial charge in [-0.3, -0.25) is 0 Å². The average Bonchev–Trinajstić information content (AvgIpc) is 3.27. The van der Waals surface area contributed by atoms with Gasteiger partial charge in [-0.2, -0.15) is 0 Å². The van der Waals surface area contributed by atoms with E-state index in [0.717, 1.165) is 5.56 Å². The smallest absolute Gasteiger partial charge is 0.229 e. The Kier molecular flexibility index (Phi) is 8.20.